The number of rotatable bonds is 4. The standard InChI is InChI=1S/C19H17N9O2/c1-11-16(28(29)30)12(2)26(23-11)9-13-4-6-14(7-5-13)17-22-19-15-8-21-25(3)18(15)20-10-27(19)24-17/h4-8,10H,9H2,1-3H3. The van der Waals surface area contributed by atoms with Gasteiger partial charge in [0.25, 0.3) is 0 Å². The third kappa shape index (κ3) is 2.70. The summed E-state index contributed by atoms with van der Waals surface area (Å²) in [6.45, 7) is 3.80. The number of aromatic nitrogens is 8. The van der Waals surface area contributed by atoms with Crippen molar-refractivity contribution in [1.29, 1.82) is 0 Å². The third-order valence-electron chi connectivity index (χ3n) is 5.14. The fourth-order valence-corrected chi connectivity index (χ4v) is 3.60. The van der Waals surface area contributed by atoms with Crippen molar-refractivity contribution in [2.24, 2.45) is 7.05 Å². The molecule has 0 spiro atoms. The third-order valence-corrected chi connectivity index (χ3v) is 5.14. The second kappa shape index (κ2) is 6.44. The zero-order valence-electron chi connectivity index (χ0n) is 16.5. The molecule has 0 aliphatic heterocycles. The quantitative estimate of drug-likeness (QED) is 0.334. The highest BCUT2D eigenvalue weighted by Crippen LogP contribution is 2.24. The summed E-state index contributed by atoms with van der Waals surface area (Å²) in [5, 5.41) is 25.1. The average molecular weight is 403 g/mol. The number of nitro groups is 1. The number of fused-ring (bicyclic) bond motifs is 3. The van der Waals surface area contributed by atoms with Crippen LogP contribution in [0.4, 0.5) is 5.69 Å². The van der Waals surface area contributed by atoms with Crippen molar-refractivity contribution >= 4 is 22.4 Å². The molecule has 0 atom stereocenters. The van der Waals surface area contributed by atoms with Crippen LogP contribution in [0.15, 0.2) is 36.8 Å². The molecule has 0 saturated heterocycles. The van der Waals surface area contributed by atoms with E-state index in [-0.39, 0.29) is 10.6 Å². The molecule has 0 fully saturated rings. The van der Waals surface area contributed by atoms with E-state index >= 15 is 0 Å². The van der Waals surface area contributed by atoms with Crippen LogP contribution in [0.25, 0.3) is 28.1 Å². The Bertz CT molecular complexity index is 1430. The summed E-state index contributed by atoms with van der Waals surface area (Å²) < 4.78 is 4.99. The first kappa shape index (κ1) is 17.9. The predicted molar refractivity (Wildman–Crippen MR) is 108 cm³/mol. The maximum Gasteiger partial charge on any atom is 0.312 e. The molecule has 150 valence electrons. The Hall–Kier alpha value is -4.15. The van der Waals surface area contributed by atoms with E-state index in [1.54, 1.807) is 40.3 Å². The van der Waals surface area contributed by atoms with Crippen molar-refractivity contribution in [2.75, 3.05) is 0 Å². The number of benzene rings is 1. The highest BCUT2D eigenvalue weighted by Gasteiger charge is 2.21. The number of hydrogen-bond acceptors (Lipinski definition) is 7. The SMILES string of the molecule is Cc1nn(Cc2ccc(-c3nc4c5cnn(C)c5ncn4n3)cc2)c(C)c1[N+](=O)[O-]. The van der Waals surface area contributed by atoms with Crippen LogP contribution >= 0.6 is 0 Å². The summed E-state index contributed by atoms with van der Waals surface area (Å²) in [5.74, 6) is 0.585. The molecule has 0 radical (unpaired) electrons. The van der Waals surface area contributed by atoms with Crippen LogP contribution in [0.5, 0.6) is 0 Å². The maximum absolute atomic E-state index is 11.2. The molecule has 0 bridgehead atoms. The topological polar surface area (TPSA) is 122 Å². The Kier molecular flexibility index (Phi) is 3.85. The van der Waals surface area contributed by atoms with Gasteiger partial charge in [-0.05, 0) is 19.4 Å². The van der Waals surface area contributed by atoms with Gasteiger partial charge in [0.15, 0.2) is 17.1 Å². The second-order valence-corrected chi connectivity index (χ2v) is 7.08. The van der Waals surface area contributed by atoms with Gasteiger partial charge < -0.3 is 0 Å². The van der Waals surface area contributed by atoms with Crippen LogP contribution in [0.2, 0.25) is 0 Å². The van der Waals surface area contributed by atoms with E-state index in [9.17, 15) is 10.1 Å². The molecule has 0 saturated carbocycles. The van der Waals surface area contributed by atoms with Gasteiger partial charge in [-0.15, -0.1) is 5.10 Å². The van der Waals surface area contributed by atoms with Gasteiger partial charge in [-0.1, -0.05) is 24.3 Å². The minimum absolute atomic E-state index is 0.0656. The van der Waals surface area contributed by atoms with Gasteiger partial charge in [0.1, 0.15) is 17.7 Å². The van der Waals surface area contributed by atoms with Gasteiger partial charge in [0.2, 0.25) is 0 Å². The zero-order chi connectivity index (χ0) is 21.0. The Labute approximate surface area is 169 Å². The molecular formula is C19H17N9O2. The highest BCUT2D eigenvalue weighted by molar-refractivity contribution is 5.88. The second-order valence-electron chi connectivity index (χ2n) is 7.08. The molecule has 30 heavy (non-hydrogen) atoms. The van der Waals surface area contributed by atoms with E-state index in [1.165, 1.54) is 0 Å². The summed E-state index contributed by atoms with van der Waals surface area (Å²) in [7, 11) is 1.83. The first-order valence-corrected chi connectivity index (χ1v) is 9.23. The lowest BCUT2D eigenvalue weighted by Crippen LogP contribution is -2.04. The van der Waals surface area contributed by atoms with Gasteiger partial charge in [-0.2, -0.15) is 10.2 Å². The van der Waals surface area contributed by atoms with Crippen LogP contribution < -0.4 is 0 Å². The molecule has 4 aromatic heterocycles. The van der Waals surface area contributed by atoms with E-state index in [2.05, 4.69) is 25.3 Å². The number of aryl methyl sites for hydroxylation is 2. The lowest BCUT2D eigenvalue weighted by Gasteiger charge is -2.04. The Morgan fingerprint density at radius 3 is 2.57 bits per heavy atom. The van der Waals surface area contributed by atoms with Gasteiger partial charge >= 0.3 is 5.69 Å². The Morgan fingerprint density at radius 1 is 1.10 bits per heavy atom. The lowest BCUT2D eigenvalue weighted by molar-refractivity contribution is -0.386. The molecule has 0 aliphatic carbocycles. The Morgan fingerprint density at radius 2 is 1.87 bits per heavy atom. The highest BCUT2D eigenvalue weighted by atomic mass is 16.6. The van der Waals surface area contributed by atoms with Crippen molar-refractivity contribution in [3.8, 4) is 11.4 Å². The van der Waals surface area contributed by atoms with Gasteiger partial charge in [-0.25, -0.2) is 14.5 Å². The summed E-state index contributed by atoms with van der Waals surface area (Å²) in [6, 6.07) is 7.75. The molecule has 11 nitrogen and oxygen atoms in total. The van der Waals surface area contributed by atoms with E-state index in [4.69, 9.17) is 0 Å². The monoisotopic (exact) mass is 403 g/mol. The molecule has 0 N–H and O–H groups in total. The van der Waals surface area contributed by atoms with Gasteiger partial charge in [0, 0.05) is 12.6 Å². The smallest absolute Gasteiger partial charge is 0.258 e. The van der Waals surface area contributed by atoms with Crippen molar-refractivity contribution < 1.29 is 4.92 Å². The first-order valence-electron chi connectivity index (χ1n) is 9.23. The lowest BCUT2D eigenvalue weighted by atomic mass is 10.1. The van der Waals surface area contributed by atoms with Crippen LogP contribution in [0.1, 0.15) is 17.0 Å². The normalized spacial score (nSPS) is 11.6. The van der Waals surface area contributed by atoms with Crippen LogP contribution in [-0.2, 0) is 13.6 Å². The van der Waals surface area contributed by atoms with E-state index in [0.29, 0.717) is 29.4 Å². The molecule has 4 heterocycles. The largest absolute Gasteiger partial charge is 0.312 e. The first-order chi connectivity index (χ1) is 14.4. The zero-order valence-corrected chi connectivity index (χ0v) is 16.5. The molecule has 0 aliphatic rings. The fourth-order valence-electron chi connectivity index (χ4n) is 3.60. The maximum atomic E-state index is 11.2. The van der Waals surface area contributed by atoms with Crippen molar-refractivity contribution in [3.63, 3.8) is 0 Å². The van der Waals surface area contributed by atoms with E-state index in [1.807, 2.05) is 31.3 Å². The Balaban J connectivity index is 1.46. The molecule has 5 rings (SSSR count). The summed E-state index contributed by atoms with van der Waals surface area (Å²) in [5.41, 5.74) is 4.29. The number of hydrogen-bond donors (Lipinski definition) is 0. The molecule has 0 unspecified atom stereocenters. The summed E-state index contributed by atoms with van der Waals surface area (Å²) in [6.07, 6.45) is 3.35. The van der Waals surface area contributed by atoms with E-state index in [0.717, 1.165) is 22.2 Å². The molecule has 11 heteroatoms. The van der Waals surface area contributed by atoms with Crippen molar-refractivity contribution in [2.45, 2.75) is 20.4 Å². The molecule has 5 aromatic rings. The predicted octanol–water partition coefficient (Wildman–Crippen LogP) is 2.45. The summed E-state index contributed by atoms with van der Waals surface area (Å²) in [4.78, 5) is 19.8. The van der Waals surface area contributed by atoms with Crippen molar-refractivity contribution in [1.82, 2.24) is 39.1 Å². The minimum Gasteiger partial charge on any atom is -0.258 e. The van der Waals surface area contributed by atoms with Gasteiger partial charge in [-0.3, -0.25) is 19.5 Å². The molecular weight excluding hydrogens is 386 g/mol. The van der Waals surface area contributed by atoms with Crippen LogP contribution in [0, 0.1) is 24.0 Å². The van der Waals surface area contributed by atoms with Crippen molar-refractivity contribution in [3.05, 3.63) is 63.9 Å². The summed E-state index contributed by atoms with van der Waals surface area (Å²) >= 11 is 0. The molecule has 0 amide bonds. The van der Waals surface area contributed by atoms with E-state index < -0.39 is 0 Å². The molecule has 1 aromatic carbocycles. The average Bonchev–Trinajstić information content (AvgIpc) is 3.38. The van der Waals surface area contributed by atoms with Crippen LogP contribution in [0.3, 0.4) is 0 Å². The number of nitrogens with zero attached hydrogens (tertiary/aromatic N) is 9. The van der Waals surface area contributed by atoms with Crippen LogP contribution in [-0.4, -0.2) is 44.1 Å². The fraction of sp³-hybridized carbons (Fsp3) is 0.211. The van der Waals surface area contributed by atoms with Gasteiger partial charge in [0.05, 0.1) is 23.1 Å². The minimum atomic E-state index is -0.388.